The molecule has 0 atom stereocenters. The lowest BCUT2D eigenvalue weighted by molar-refractivity contribution is -0.554. The minimum Gasteiger partial charge on any atom is -0.236 e. The molecule has 0 radical (unpaired) electrons. The van der Waals surface area contributed by atoms with Gasteiger partial charge in [-0.25, -0.2) is 34.9 Å². The van der Waals surface area contributed by atoms with E-state index in [0.29, 0.717) is 34.9 Å². The molecule has 1 N–H and O–H groups in total. The van der Waals surface area contributed by atoms with E-state index in [1.165, 1.54) is 27.8 Å². The number of aryl methyl sites for hydroxylation is 1. The van der Waals surface area contributed by atoms with Gasteiger partial charge in [-0.2, -0.15) is 4.57 Å². The quantitative estimate of drug-likeness (QED) is 0.0967. The molecule has 16 aromatic rings. The van der Waals surface area contributed by atoms with E-state index in [1.54, 1.807) is 0 Å². The smallest absolute Gasteiger partial charge is 0.236 e. The van der Waals surface area contributed by atoms with Gasteiger partial charge < -0.3 is 0 Å². The molecule has 16 rings (SSSR count). The first-order valence-corrected chi connectivity index (χ1v) is 36.9. The molecule has 8 nitrogen and oxygen atoms in total. The summed E-state index contributed by atoms with van der Waals surface area (Å²) in [6.07, 6.45) is 0. The Hall–Kier alpha value is -12.1. The molecule has 0 bridgehead atoms. The van der Waals surface area contributed by atoms with Crippen molar-refractivity contribution in [3.8, 4) is 130 Å². The van der Waals surface area contributed by atoms with Gasteiger partial charge in [0, 0.05) is 33.4 Å². The average Bonchev–Trinajstić information content (AvgIpc) is 0.949. The van der Waals surface area contributed by atoms with E-state index in [4.69, 9.17) is 29.9 Å². The highest BCUT2D eigenvalue weighted by molar-refractivity contribution is 6.24. The van der Waals surface area contributed by atoms with E-state index in [0.717, 1.165) is 128 Å². The van der Waals surface area contributed by atoms with Crippen LogP contribution in [-0.4, -0.2) is 34.9 Å². The van der Waals surface area contributed by atoms with E-state index < -0.39 is 0 Å². The fourth-order valence-corrected chi connectivity index (χ4v) is 14.7. The van der Waals surface area contributed by atoms with Crippen LogP contribution >= 0.6 is 0 Å². The van der Waals surface area contributed by atoms with Crippen LogP contribution in [0.15, 0.2) is 285 Å². The molecule has 13 aromatic carbocycles. The Morgan fingerprint density at radius 1 is 0.255 bits per heavy atom. The van der Waals surface area contributed by atoms with Crippen LogP contribution in [0.3, 0.4) is 0 Å². The number of hydrogen-bond donors (Lipinski definition) is 1. The predicted octanol–water partition coefficient (Wildman–Crippen LogP) is 25.0. The van der Waals surface area contributed by atoms with Crippen LogP contribution < -0.4 is 4.57 Å². The second-order valence-electron chi connectivity index (χ2n) is 32.4. The summed E-state index contributed by atoms with van der Waals surface area (Å²) in [5, 5.41) is 4.53. The van der Waals surface area contributed by atoms with Gasteiger partial charge >= 0.3 is 0 Å². The van der Waals surface area contributed by atoms with Crippen molar-refractivity contribution in [1.82, 2.24) is 34.9 Å². The Balaban J connectivity index is 0.846. The fourth-order valence-electron chi connectivity index (χ4n) is 14.7. The summed E-state index contributed by atoms with van der Waals surface area (Å²) >= 11 is 0. The number of hydrogen-bond acceptors (Lipinski definition) is 6. The Morgan fingerprint density at radius 2 is 0.538 bits per heavy atom. The van der Waals surface area contributed by atoms with E-state index in [1.807, 2.05) is 0 Å². The molecule has 0 saturated heterocycles. The lowest BCUT2D eigenvalue weighted by Crippen LogP contribution is -2.31. The number of aromatic amines is 1. The number of benzene rings is 13. The van der Waals surface area contributed by atoms with Crippen LogP contribution in [0.1, 0.15) is 111 Å². The molecule has 518 valence electrons. The Labute approximate surface area is 622 Å². The molecule has 106 heavy (non-hydrogen) atoms. The van der Waals surface area contributed by atoms with E-state index in [-0.39, 0.29) is 21.7 Å². The van der Waals surface area contributed by atoms with Crippen molar-refractivity contribution in [3.63, 3.8) is 0 Å². The van der Waals surface area contributed by atoms with Gasteiger partial charge in [0.1, 0.15) is 5.69 Å². The van der Waals surface area contributed by atoms with Crippen LogP contribution in [0.2, 0.25) is 0 Å². The summed E-state index contributed by atoms with van der Waals surface area (Å²) in [4.78, 5) is 35.2. The summed E-state index contributed by atoms with van der Waals surface area (Å²) < 4.78 is 2.36. The van der Waals surface area contributed by atoms with Crippen molar-refractivity contribution >= 4 is 32.6 Å². The third kappa shape index (κ3) is 13.3. The molecule has 3 aromatic heterocycles. The molecule has 0 amide bonds. The van der Waals surface area contributed by atoms with Gasteiger partial charge in [0.25, 0.3) is 5.82 Å². The van der Waals surface area contributed by atoms with Gasteiger partial charge in [-0.1, -0.05) is 337 Å². The fraction of sp³-hybridized carbons (Fsp3) is 0.173. The second kappa shape index (κ2) is 26.8. The molecular weight excluding hydrogens is 1290 g/mol. The topological polar surface area (TPSA) is 97.0 Å². The molecule has 0 spiro atoms. The minimum atomic E-state index is -0.000182. The number of H-pyrrole nitrogens is 1. The third-order valence-electron chi connectivity index (χ3n) is 20.8. The van der Waals surface area contributed by atoms with E-state index >= 15 is 0 Å². The Morgan fingerprint density at radius 3 is 0.896 bits per heavy atom. The summed E-state index contributed by atoms with van der Waals surface area (Å²) in [7, 11) is 0. The second-order valence-corrected chi connectivity index (χ2v) is 32.4. The normalized spacial score (nSPS) is 12.2. The van der Waals surface area contributed by atoms with Crippen molar-refractivity contribution in [3.05, 3.63) is 313 Å². The Kier molecular flexibility index (Phi) is 17.3. The summed E-state index contributed by atoms with van der Waals surface area (Å²) in [5.41, 5.74) is 24.9. The summed E-state index contributed by atoms with van der Waals surface area (Å²) in [6, 6.07) is 103. The van der Waals surface area contributed by atoms with Gasteiger partial charge in [-0.05, 0) is 153 Å². The van der Waals surface area contributed by atoms with Crippen LogP contribution in [0.5, 0.6) is 0 Å². The van der Waals surface area contributed by atoms with Crippen molar-refractivity contribution in [2.45, 2.75) is 112 Å². The number of nitrogens with one attached hydrogen (secondary N) is 1. The summed E-state index contributed by atoms with van der Waals surface area (Å²) in [5.74, 6) is 4.73. The molecule has 0 aliphatic heterocycles. The first-order chi connectivity index (χ1) is 50.9. The average molecular weight is 1380 g/mol. The van der Waals surface area contributed by atoms with Gasteiger partial charge in [0.15, 0.2) is 46.0 Å². The van der Waals surface area contributed by atoms with Crippen LogP contribution in [0.25, 0.3) is 162 Å². The van der Waals surface area contributed by atoms with Crippen molar-refractivity contribution in [1.29, 1.82) is 0 Å². The molecule has 0 saturated carbocycles. The Bertz CT molecular complexity index is 5830. The van der Waals surface area contributed by atoms with Crippen LogP contribution in [0, 0.1) is 6.92 Å². The standard InChI is InChI=1S/C98H86N8/c1-61-30-57-75(58-31-61)106-85-29-21-20-28-84(85)99-94(106)70-48-59-82-83(60-70)87(79-25-17-15-23-77(79)63-34-38-65(39-35-63)89-102-92(68-44-53-73(54-45-68)97(8,9)10)105-93(103-89)69-46-55-74(56-47-69)98(11,12)13)81-27-19-18-26-80(81)86(82)78-24-16-14-22-76(78)62-32-36-64(37-33-62)88-100-90(66-40-49-71(50-41-66)95(2,3)4)104-91(101-88)67-42-51-72(52-43-67)96(5,6)7/h14-60H,1-13H3/p+1. The highest BCUT2D eigenvalue weighted by Gasteiger charge is 2.28. The zero-order valence-electron chi connectivity index (χ0n) is 62.8. The van der Waals surface area contributed by atoms with Crippen molar-refractivity contribution in [2.75, 3.05) is 0 Å². The van der Waals surface area contributed by atoms with Crippen molar-refractivity contribution in [2.24, 2.45) is 0 Å². The molecule has 0 unspecified atom stereocenters. The zero-order valence-corrected chi connectivity index (χ0v) is 62.8. The summed E-state index contributed by atoms with van der Waals surface area (Å²) in [6.45, 7) is 29.0. The number of imidazole rings is 1. The van der Waals surface area contributed by atoms with Crippen LogP contribution in [0.4, 0.5) is 0 Å². The first-order valence-electron chi connectivity index (χ1n) is 36.9. The largest absolute Gasteiger partial charge is 0.292 e. The SMILES string of the molecule is Cc1ccc(-[n+]2c(-c3ccc4c(-c5ccccc5-c5ccc(-c6nc(-c7ccc(C(C)(C)C)cc7)nc(-c7ccc(C(C)(C)C)cc7)n6)cc5)c5ccccc5c(-c5ccccc5-c5ccc(-c6nc(-c7ccc(C(C)(C)C)cc7)nc(-c7ccc(C(C)(C)C)cc7)n6)cc5)c4c3)[nH]c3ccccc32)cc1. The molecular formula is C98H87N8+. The maximum absolute atomic E-state index is 5.24. The van der Waals surface area contributed by atoms with Crippen LogP contribution in [-0.2, 0) is 21.7 Å². The zero-order chi connectivity index (χ0) is 73.4. The van der Waals surface area contributed by atoms with Gasteiger partial charge in [0.2, 0.25) is 0 Å². The number of fused-ring (bicyclic) bond motifs is 3. The third-order valence-corrected chi connectivity index (χ3v) is 20.8. The highest BCUT2D eigenvalue weighted by Crippen LogP contribution is 2.49. The number of para-hydroxylation sites is 2. The van der Waals surface area contributed by atoms with E-state index in [9.17, 15) is 0 Å². The first kappa shape index (κ1) is 68.3. The molecule has 8 heteroatoms. The predicted molar refractivity (Wildman–Crippen MR) is 441 cm³/mol. The molecule has 0 aliphatic carbocycles. The number of nitrogens with zero attached hydrogens (tertiary/aromatic N) is 7. The monoisotopic (exact) mass is 1380 g/mol. The van der Waals surface area contributed by atoms with Gasteiger partial charge in [-0.15, -0.1) is 0 Å². The van der Waals surface area contributed by atoms with Gasteiger partial charge in [-0.3, -0.25) is 0 Å². The van der Waals surface area contributed by atoms with E-state index in [2.05, 4.69) is 385 Å². The van der Waals surface area contributed by atoms with Crippen molar-refractivity contribution < 1.29 is 4.57 Å². The molecule has 3 heterocycles. The van der Waals surface area contributed by atoms with Gasteiger partial charge in [0.05, 0.1) is 5.56 Å². The maximum Gasteiger partial charge on any atom is 0.292 e. The highest BCUT2D eigenvalue weighted by atomic mass is 15.1. The molecule has 0 fully saturated rings. The molecule has 0 aliphatic rings. The number of rotatable bonds is 12. The maximum atomic E-state index is 5.24. The minimum absolute atomic E-state index is 0.000182. The lowest BCUT2D eigenvalue weighted by Gasteiger charge is -2.21. The lowest BCUT2D eigenvalue weighted by atomic mass is 9.82. The number of aromatic nitrogens is 8.